The zero-order valence-corrected chi connectivity index (χ0v) is 12.7. The molecule has 1 amide bonds. The lowest BCUT2D eigenvalue weighted by atomic mass is 10.2. The summed E-state index contributed by atoms with van der Waals surface area (Å²) in [5.74, 6) is -0.281. The molecule has 0 fully saturated rings. The van der Waals surface area contributed by atoms with Crippen LogP contribution in [0.4, 0.5) is 5.69 Å². The molecule has 104 valence electrons. The zero-order valence-electron chi connectivity index (χ0n) is 10.4. The van der Waals surface area contributed by atoms with E-state index >= 15 is 0 Å². The molecule has 0 radical (unpaired) electrons. The molecule has 1 heterocycles. The van der Waals surface area contributed by atoms with E-state index in [2.05, 4.69) is 5.32 Å². The lowest BCUT2D eigenvalue weighted by Gasteiger charge is -2.07. The SMILES string of the molecule is O=C(CCC(=O)c1cccs1)Nc1ccc(Cl)cc1Cl. The van der Waals surface area contributed by atoms with Crippen LogP contribution in [0.5, 0.6) is 0 Å². The minimum Gasteiger partial charge on any atom is -0.325 e. The number of amides is 1. The summed E-state index contributed by atoms with van der Waals surface area (Å²) in [6.45, 7) is 0. The number of carbonyl (C=O) groups excluding carboxylic acids is 2. The highest BCUT2D eigenvalue weighted by Crippen LogP contribution is 2.25. The number of anilines is 1. The van der Waals surface area contributed by atoms with E-state index < -0.39 is 0 Å². The molecule has 0 unspecified atom stereocenters. The fraction of sp³-hybridized carbons (Fsp3) is 0.143. The van der Waals surface area contributed by atoms with Gasteiger partial charge in [0.25, 0.3) is 0 Å². The van der Waals surface area contributed by atoms with Crippen LogP contribution in [-0.4, -0.2) is 11.7 Å². The molecule has 6 heteroatoms. The first-order valence-electron chi connectivity index (χ1n) is 5.88. The maximum Gasteiger partial charge on any atom is 0.224 e. The Kier molecular flexibility index (Phi) is 5.17. The third-order valence-electron chi connectivity index (χ3n) is 2.58. The Hall–Kier alpha value is -1.36. The first-order valence-corrected chi connectivity index (χ1v) is 7.51. The van der Waals surface area contributed by atoms with Crippen molar-refractivity contribution in [3.63, 3.8) is 0 Å². The number of Topliss-reactive ketones (excluding diaryl/α,β-unsaturated/α-hetero) is 1. The second-order valence-corrected chi connectivity index (χ2v) is 5.86. The van der Waals surface area contributed by atoms with Gasteiger partial charge in [0.05, 0.1) is 15.6 Å². The zero-order chi connectivity index (χ0) is 14.5. The van der Waals surface area contributed by atoms with Gasteiger partial charge in [-0.25, -0.2) is 0 Å². The van der Waals surface area contributed by atoms with Gasteiger partial charge >= 0.3 is 0 Å². The van der Waals surface area contributed by atoms with Crippen molar-refractivity contribution in [1.82, 2.24) is 0 Å². The van der Waals surface area contributed by atoms with Gasteiger partial charge in [0, 0.05) is 17.9 Å². The summed E-state index contributed by atoms with van der Waals surface area (Å²) in [6, 6.07) is 8.38. The monoisotopic (exact) mass is 327 g/mol. The van der Waals surface area contributed by atoms with Crippen LogP contribution >= 0.6 is 34.5 Å². The Morgan fingerprint density at radius 2 is 1.95 bits per heavy atom. The minimum atomic E-state index is -0.251. The number of carbonyl (C=O) groups is 2. The van der Waals surface area contributed by atoms with E-state index in [1.54, 1.807) is 24.3 Å². The Balaban J connectivity index is 1.88. The Morgan fingerprint density at radius 3 is 2.60 bits per heavy atom. The molecule has 3 nitrogen and oxygen atoms in total. The molecule has 1 aromatic heterocycles. The molecular formula is C14H11Cl2NO2S. The highest BCUT2D eigenvalue weighted by Gasteiger charge is 2.11. The van der Waals surface area contributed by atoms with Gasteiger partial charge in [0.2, 0.25) is 5.91 Å². The number of hydrogen-bond acceptors (Lipinski definition) is 3. The van der Waals surface area contributed by atoms with Crippen molar-refractivity contribution in [1.29, 1.82) is 0 Å². The Bertz CT molecular complexity index is 626. The van der Waals surface area contributed by atoms with E-state index in [0.717, 1.165) is 0 Å². The van der Waals surface area contributed by atoms with Gasteiger partial charge in [-0.3, -0.25) is 9.59 Å². The summed E-state index contributed by atoms with van der Waals surface area (Å²) in [5.41, 5.74) is 0.490. The van der Waals surface area contributed by atoms with E-state index in [4.69, 9.17) is 23.2 Å². The second-order valence-electron chi connectivity index (χ2n) is 4.07. The number of thiophene rings is 1. The predicted octanol–water partition coefficient (Wildman–Crippen LogP) is 4.66. The lowest BCUT2D eigenvalue weighted by Crippen LogP contribution is -2.13. The van der Waals surface area contributed by atoms with Crippen molar-refractivity contribution < 1.29 is 9.59 Å². The van der Waals surface area contributed by atoms with Gasteiger partial charge in [-0.05, 0) is 29.6 Å². The molecule has 0 saturated carbocycles. The first-order chi connectivity index (χ1) is 9.56. The van der Waals surface area contributed by atoms with Gasteiger partial charge in [-0.2, -0.15) is 0 Å². The summed E-state index contributed by atoms with van der Waals surface area (Å²) in [7, 11) is 0. The van der Waals surface area contributed by atoms with Gasteiger partial charge in [-0.15, -0.1) is 11.3 Å². The van der Waals surface area contributed by atoms with Crippen molar-refractivity contribution in [2.75, 3.05) is 5.32 Å². The van der Waals surface area contributed by atoms with E-state index in [9.17, 15) is 9.59 Å². The van der Waals surface area contributed by atoms with Gasteiger partial charge in [0.15, 0.2) is 5.78 Å². The van der Waals surface area contributed by atoms with Crippen LogP contribution in [0.2, 0.25) is 10.0 Å². The van der Waals surface area contributed by atoms with Crippen molar-refractivity contribution in [2.45, 2.75) is 12.8 Å². The van der Waals surface area contributed by atoms with Gasteiger partial charge in [-0.1, -0.05) is 29.3 Å². The molecule has 2 rings (SSSR count). The highest BCUT2D eigenvalue weighted by molar-refractivity contribution is 7.12. The van der Waals surface area contributed by atoms with Crippen LogP contribution in [0.15, 0.2) is 35.7 Å². The van der Waals surface area contributed by atoms with Crippen LogP contribution in [-0.2, 0) is 4.79 Å². The molecule has 0 aliphatic rings. The second kappa shape index (κ2) is 6.88. The van der Waals surface area contributed by atoms with Crippen molar-refractivity contribution >= 4 is 51.9 Å². The molecular weight excluding hydrogens is 317 g/mol. The molecule has 1 N–H and O–H groups in total. The summed E-state index contributed by atoms with van der Waals surface area (Å²) >= 11 is 13.1. The third kappa shape index (κ3) is 4.07. The molecule has 20 heavy (non-hydrogen) atoms. The summed E-state index contributed by atoms with van der Waals surface area (Å²) < 4.78 is 0. The Morgan fingerprint density at radius 1 is 1.15 bits per heavy atom. The van der Waals surface area contributed by atoms with Crippen LogP contribution in [0.1, 0.15) is 22.5 Å². The molecule has 1 aromatic carbocycles. The fourth-order valence-electron chi connectivity index (χ4n) is 1.59. The van der Waals surface area contributed by atoms with Crippen molar-refractivity contribution in [2.24, 2.45) is 0 Å². The van der Waals surface area contributed by atoms with Crippen molar-refractivity contribution in [3.05, 3.63) is 50.6 Å². The van der Waals surface area contributed by atoms with E-state index in [1.807, 2.05) is 11.4 Å². The quantitative estimate of drug-likeness (QED) is 0.812. The maximum atomic E-state index is 11.8. The summed E-state index contributed by atoms with van der Waals surface area (Å²) in [5, 5.41) is 5.37. The number of nitrogens with one attached hydrogen (secondary N) is 1. The van der Waals surface area contributed by atoms with E-state index in [0.29, 0.717) is 20.6 Å². The first kappa shape index (κ1) is 15.0. The van der Waals surface area contributed by atoms with E-state index in [-0.39, 0.29) is 24.5 Å². The molecule has 0 spiro atoms. The average molecular weight is 328 g/mol. The van der Waals surface area contributed by atoms with Crippen LogP contribution in [0.25, 0.3) is 0 Å². The molecule has 0 bridgehead atoms. The molecule has 0 aliphatic heterocycles. The van der Waals surface area contributed by atoms with Crippen LogP contribution < -0.4 is 5.32 Å². The lowest BCUT2D eigenvalue weighted by molar-refractivity contribution is -0.116. The number of ketones is 1. The summed E-state index contributed by atoms with van der Waals surface area (Å²) in [6.07, 6.45) is 0.299. The molecule has 0 atom stereocenters. The van der Waals surface area contributed by atoms with Crippen LogP contribution in [0.3, 0.4) is 0 Å². The molecule has 2 aromatic rings. The van der Waals surface area contributed by atoms with Crippen LogP contribution in [0, 0.1) is 0 Å². The van der Waals surface area contributed by atoms with Crippen molar-refractivity contribution in [3.8, 4) is 0 Å². The maximum absolute atomic E-state index is 11.8. The number of hydrogen-bond donors (Lipinski definition) is 1. The predicted molar refractivity (Wildman–Crippen MR) is 83.0 cm³/mol. The Labute approximate surface area is 130 Å². The number of halogens is 2. The summed E-state index contributed by atoms with van der Waals surface area (Å²) in [4.78, 5) is 24.2. The molecule has 0 aliphatic carbocycles. The highest BCUT2D eigenvalue weighted by atomic mass is 35.5. The van der Waals surface area contributed by atoms with Gasteiger partial charge < -0.3 is 5.32 Å². The third-order valence-corrected chi connectivity index (χ3v) is 4.04. The van der Waals surface area contributed by atoms with Gasteiger partial charge in [0.1, 0.15) is 0 Å². The topological polar surface area (TPSA) is 46.2 Å². The number of benzene rings is 1. The fourth-order valence-corrected chi connectivity index (χ4v) is 2.74. The standard InChI is InChI=1S/C14H11Cl2NO2S/c15-9-3-4-11(10(16)8-9)17-14(19)6-5-12(18)13-2-1-7-20-13/h1-4,7-8H,5-6H2,(H,17,19). The average Bonchev–Trinajstić information content (AvgIpc) is 2.93. The normalized spacial score (nSPS) is 10.3. The molecule has 0 saturated heterocycles. The smallest absolute Gasteiger partial charge is 0.224 e. The minimum absolute atomic E-state index is 0.0302. The largest absolute Gasteiger partial charge is 0.325 e. The number of rotatable bonds is 5. The van der Waals surface area contributed by atoms with E-state index in [1.165, 1.54) is 11.3 Å².